The Morgan fingerprint density at radius 3 is 1.88 bits per heavy atom. The summed E-state index contributed by atoms with van der Waals surface area (Å²) in [6.45, 7) is 17.1. The topological polar surface area (TPSA) is 57.5 Å². The molecule has 0 spiro atoms. The monoisotopic (exact) mass is 713 g/mol. The lowest BCUT2D eigenvalue weighted by molar-refractivity contribution is -0.138. The largest absolute Gasteiger partial charge is 0.481 e. The highest BCUT2D eigenvalue weighted by molar-refractivity contribution is 5.66. The van der Waals surface area contributed by atoms with Crippen LogP contribution >= 0.6 is 0 Å². The Morgan fingerprint density at radius 1 is 0.725 bits per heavy atom. The maximum Gasteiger partial charge on any atom is 0.303 e. The lowest BCUT2D eigenvalue weighted by Crippen LogP contribution is -2.50. The number of carboxylic acid groups (broad SMARTS) is 1. The van der Waals surface area contributed by atoms with Gasteiger partial charge in [-0.05, 0) is 116 Å². The molecule has 0 radical (unpaired) electrons. The molecule has 4 aliphatic carbocycles. The summed E-state index contributed by atoms with van der Waals surface area (Å²) >= 11 is 0. The summed E-state index contributed by atoms with van der Waals surface area (Å²) in [5, 5.41) is 19.3. The average Bonchev–Trinajstić information content (AvgIpc) is 3.45. The van der Waals surface area contributed by atoms with Crippen LogP contribution < -0.4 is 0 Å². The maximum atomic E-state index is 11.0. The lowest BCUT2D eigenvalue weighted by atomic mass is 9.47. The third kappa shape index (κ3) is 13.8. The van der Waals surface area contributed by atoms with Gasteiger partial charge in [-0.3, -0.25) is 4.79 Å². The zero-order valence-electron chi connectivity index (χ0n) is 35.3. The van der Waals surface area contributed by atoms with Crippen LogP contribution in [0.15, 0.2) is 11.6 Å². The van der Waals surface area contributed by atoms with E-state index in [0.29, 0.717) is 23.2 Å². The molecule has 0 saturated heterocycles. The fourth-order valence-electron chi connectivity index (χ4n) is 12.0. The van der Waals surface area contributed by atoms with E-state index in [1.807, 2.05) is 0 Å². The molecular formula is C48H88O3. The van der Waals surface area contributed by atoms with E-state index < -0.39 is 5.97 Å². The van der Waals surface area contributed by atoms with Crippen molar-refractivity contribution in [1.82, 2.24) is 0 Å². The molecule has 3 saturated carbocycles. The number of carboxylic acids is 1. The molecule has 0 bridgehead atoms. The van der Waals surface area contributed by atoms with Gasteiger partial charge in [0.2, 0.25) is 0 Å². The van der Waals surface area contributed by atoms with Gasteiger partial charge < -0.3 is 10.2 Å². The lowest BCUT2D eigenvalue weighted by Gasteiger charge is -2.58. The maximum absolute atomic E-state index is 11.0. The van der Waals surface area contributed by atoms with Crippen LogP contribution in [0.5, 0.6) is 0 Å². The van der Waals surface area contributed by atoms with Crippen molar-refractivity contribution in [2.45, 2.75) is 234 Å². The van der Waals surface area contributed by atoms with E-state index in [1.54, 1.807) is 5.57 Å². The second-order valence-corrected chi connectivity index (χ2v) is 19.5. The third-order valence-electron chi connectivity index (χ3n) is 15.2. The van der Waals surface area contributed by atoms with Crippen LogP contribution in [0, 0.1) is 52.3 Å². The number of hydrogen-bond acceptors (Lipinski definition) is 2. The zero-order chi connectivity index (χ0) is 37.3. The standard InChI is InChI=1S/C27H46O.C21H42O2/c1-18(2)7-6-8-19(3)23-11-12-24-22-10-9-20-17-21(28)13-15-26(20,4)25(22)14-16-27(23,24)5;1-3-5-7-9-11-12-14-16-18-20(19-21(22)23)17-15-13-10-8-6-4-2/h9,18-19,21-25,28H,6-8,10-17H2,1-5H3;20H,3-19H2,1-2H3,(H,22,23)/t19-,21+,22+,23-,24+,25+,26+,27-;/m1./s1. The first kappa shape index (κ1) is 44.6. The SMILES string of the molecule is CC(C)CCC[C@@H](C)[C@H]1CC[C@H]2[C@@H]3CC=C4C[C@@H](O)CC[C@]4(C)[C@H]3CC[C@]12C.CCCCCCCCCCC(CCCCCCCC)CC(=O)O. The molecule has 3 fully saturated rings. The van der Waals surface area contributed by atoms with Crippen LogP contribution in [0.4, 0.5) is 0 Å². The minimum Gasteiger partial charge on any atom is -0.481 e. The molecular weight excluding hydrogens is 625 g/mol. The smallest absolute Gasteiger partial charge is 0.303 e. The Bertz CT molecular complexity index is 985. The van der Waals surface area contributed by atoms with Gasteiger partial charge in [-0.1, -0.05) is 169 Å². The first-order valence-corrected chi connectivity index (χ1v) is 23.1. The summed E-state index contributed by atoms with van der Waals surface area (Å²) in [4.78, 5) is 11.0. The van der Waals surface area contributed by atoms with Crippen LogP contribution in [0.2, 0.25) is 0 Å². The van der Waals surface area contributed by atoms with E-state index >= 15 is 0 Å². The van der Waals surface area contributed by atoms with Crippen molar-refractivity contribution in [3.8, 4) is 0 Å². The van der Waals surface area contributed by atoms with E-state index in [-0.39, 0.29) is 6.10 Å². The van der Waals surface area contributed by atoms with Gasteiger partial charge in [0, 0.05) is 6.42 Å². The fraction of sp³-hybridized carbons (Fsp3) is 0.938. The first-order chi connectivity index (χ1) is 24.5. The first-order valence-electron chi connectivity index (χ1n) is 23.1. The van der Waals surface area contributed by atoms with E-state index in [9.17, 15) is 9.90 Å². The summed E-state index contributed by atoms with van der Waals surface area (Å²) in [6.07, 6.45) is 38.3. The number of aliphatic hydroxyl groups excluding tert-OH is 1. The van der Waals surface area contributed by atoms with Gasteiger partial charge in [-0.15, -0.1) is 0 Å². The van der Waals surface area contributed by atoms with Gasteiger partial charge in [0.15, 0.2) is 0 Å². The van der Waals surface area contributed by atoms with Gasteiger partial charge in [0.05, 0.1) is 6.10 Å². The fourth-order valence-corrected chi connectivity index (χ4v) is 12.0. The van der Waals surface area contributed by atoms with Gasteiger partial charge in [-0.25, -0.2) is 0 Å². The Morgan fingerprint density at radius 2 is 1.31 bits per heavy atom. The van der Waals surface area contributed by atoms with Gasteiger partial charge in [-0.2, -0.15) is 0 Å². The van der Waals surface area contributed by atoms with Gasteiger partial charge in [0.25, 0.3) is 0 Å². The van der Waals surface area contributed by atoms with E-state index in [4.69, 9.17) is 5.11 Å². The highest BCUT2D eigenvalue weighted by Gasteiger charge is 2.59. The number of aliphatic hydroxyl groups is 1. The van der Waals surface area contributed by atoms with Crippen molar-refractivity contribution in [3.05, 3.63) is 11.6 Å². The molecule has 298 valence electrons. The highest BCUT2D eigenvalue weighted by atomic mass is 16.4. The Balaban J connectivity index is 0.000000283. The highest BCUT2D eigenvalue weighted by Crippen LogP contribution is 2.67. The quantitative estimate of drug-likeness (QED) is 0.0819. The summed E-state index contributed by atoms with van der Waals surface area (Å²) in [7, 11) is 0. The summed E-state index contributed by atoms with van der Waals surface area (Å²) in [6, 6.07) is 0. The number of aliphatic carboxylic acids is 1. The van der Waals surface area contributed by atoms with Crippen molar-refractivity contribution in [2.75, 3.05) is 0 Å². The molecule has 3 nitrogen and oxygen atoms in total. The van der Waals surface area contributed by atoms with Crippen molar-refractivity contribution < 1.29 is 15.0 Å². The number of rotatable bonds is 23. The molecule has 9 atom stereocenters. The zero-order valence-corrected chi connectivity index (χ0v) is 35.3. The minimum absolute atomic E-state index is 0.0766. The van der Waals surface area contributed by atoms with Crippen LogP contribution in [0.1, 0.15) is 228 Å². The second kappa shape index (κ2) is 23.2. The van der Waals surface area contributed by atoms with Gasteiger partial charge in [0.1, 0.15) is 0 Å². The number of unbranched alkanes of at least 4 members (excludes halogenated alkanes) is 12. The molecule has 4 rings (SSSR count). The Kier molecular flexibility index (Phi) is 20.2. The predicted octanol–water partition coefficient (Wildman–Crippen LogP) is 14.7. The molecule has 2 N–H and O–H groups in total. The summed E-state index contributed by atoms with van der Waals surface area (Å²) in [5.74, 6) is 5.26. The van der Waals surface area contributed by atoms with Crippen LogP contribution in [0.3, 0.4) is 0 Å². The van der Waals surface area contributed by atoms with Crippen LogP contribution in [-0.4, -0.2) is 22.3 Å². The van der Waals surface area contributed by atoms with E-state index in [2.05, 4.69) is 54.5 Å². The molecule has 0 aliphatic heterocycles. The van der Waals surface area contributed by atoms with E-state index in [1.165, 1.54) is 148 Å². The molecule has 1 unspecified atom stereocenters. The number of allylic oxidation sites excluding steroid dienone is 1. The Hall–Kier alpha value is -0.830. The molecule has 4 aliphatic rings. The van der Waals surface area contributed by atoms with Crippen molar-refractivity contribution in [1.29, 1.82) is 0 Å². The molecule has 0 aromatic carbocycles. The average molecular weight is 713 g/mol. The third-order valence-corrected chi connectivity index (χ3v) is 15.2. The van der Waals surface area contributed by atoms with Crippen molar-refractivity contribution >= 4 is 5.97 Å². The number of fused-ring (bicyclic) bond motifs is 5. The second-order valence-electron chi connectivity index (χ2n) is 19.5. The summed E-state index contributed by atoms with van der Waals surface area (Å²) in [5.41, 5.74) is 2.60. The minimum atomic E-state index is -0.611. The van der Waals surface area contributed by atoms with Crippen molar-refractivity contribution in [2.24, 2.45) is 52.3 Å². The molecule has 3 heteroatoms. The molecule has 0 amide bonds. The molecule has 51 heavy (non-hydrogen) atoms. The van der Waals surface area contributed by atoms with E-state index in [0.717, 1.165) is 61.2 Å². The summed E-state index contributed by atoms with van der Waals surface area (Å²) < 4.78 is 0. The van der Waals surface area contributed by atoms with Crippen molar-refractivity contribution in [3.63, 3.8) is 0 Å². The van der Waals surface area contributed by atoms with Crippen LogP contribution in [-0.2, 0) is 4.79 Å². The molecule has 0 heterocycles. The molecule has 0 aromatic heterocycles. The number of hydrogen-bond donors (Lipinski definition) is 2. The van der Waals surface area contributed by atoms with Crippen LogP contribution in [0.25, 0.3) is 0 Å². The normalized spacial score (nSPS) is 31.2. The van der Waals surface area contributed by atoms with Gasteiger partial charge >= 0.3 is 5.97 Å². The molecule has 0 aromatic rings. The Labute approximate surface area is 318 Å². The predicted molar refractivity (Wildman–Crippen MR) is 220 cm³/mol. The number of carbonyl (C=O) groups is 1.